The lowest BCUT2D eigenvalue weighted by Crippen LogP contribution is -2.17. The minimum absolute atomic E-state index is 0.158. The molecule has 3 aromatic carbocycles. The van der Waals surface area contributed by atoms with E-state index < -0.39 is 64.8 Å². The average Bonchev–Trinajstić information content (AvgIpc) is 3.09. The second-order valence-electron chi connectivity index (χ2n) is 9.89. The Morgan fingerprint density at radius 3 is 1.96 bits per heavy atom. The molecule has 12 heteroatoms. The van der Waals surface area contributed by atoms with Crippen LogP contribution in [0.1, 0.15) is 34.7 Å². The molecule has 0 heterocycles. The summed E-state index contributed by atoms with van der Waals surface area (Å²) in [6.45, 7) is 13.6. The van der Waals surface area contributed by atoms with Gasteiger partial charge in [-0.05, 0) is 55.0 Å². The first-order chi connectivity index (χ1) is 23.7. The molecule has 0 amide bonds. The summed E-state index contributed by atoms with van der Waals surface area (Å²) in [6, 6.07) is 12.7. The predicted molar refractivity (Wildman–Crippen MR) is 177 cm³/mol. The molecule has 0 bridgehead atoms. The van der Waals surface area contributed by atoms with Crippen LogP contribution in [0.3, 0.4) is 0 Å². The molecule has 0 spiro atoms. The average molecular weight is 687 g/mol. The molecule has 9 nitrogen and oxygen atoms in total. The van der Waals surface area contributed by atoms with Gasteiger partial charge in [0.2, 0.25) is 0 Å². The number of hydrogen-bond donors (Lipinski definition) is 0. The first-order valence-corrected chi connectivity index (χ1v) is 14.4. The molecular weight excluding hydrogens is 657 g/mol. The van der Waals surface area contributed by atoms with Gasteiger partial charge in [-0.2, -0.15) is 13.2 Å². The maximum absolute atomic E-state index is 14.8. The van der Waals surface area contributed by atoms with E-state index in [1.807, 2.05) is 0 Å². The van der Waals surface area contributed by atoms with Crippen molar-refractivity contribution in [3.8, 4) is 34.8 Å². The molecule has 0 N–H and O–H groups in total. The van der Waals surface area contributed by atoms with E-state index in [2.05, 4.69) is 38.2 Å². The Kier molecular flexibility index (Phi) is 13.3. The highest BCUT2D eigenvalue weighted by Crippen LogP contribution is 2.44. The van der Waals surface area contributed by atoms with Crippen LogP contribution in [-0.4, -0.2) is 30.5 Å². The van der Waals surface area contributed by atoms with E-state index in [1.54, 1.807) is 18.2 Å². The monoisotopic (exact) mass is 686 g/mol. The second kappa shape index (κ2) is 17.5. The van der Waals surface area contributed by atoms with Crippen molar-refractivity contribution >= 4 is 30.0 Å². The summed E-state index contributed by atoms with van der Waals surface area (Å²) in [6.07, 6.45) is 0.532. The fourth-order valence-electron chi connectivity index (χ4n) is 3.90. The maximum atomic E-state index is 14.8. The molecule has 0 unspecified atom stereocenters. The highest BCUT2D eigenvalue weighted by Gasteiger charge is 2.39. The Morgan fingerprint density at radius 1 is 0.800 bits per heavy atom. The van der Waals surface area contributed by atoms with Crippen LogP contribution >= 0.6 is 0 Å². The van der Waals surface area contributed by atoms with Gasteiger partial charge in [-0.15, -0.1) is 0 Å². The summed E-state index contributed by atoms with van der Waals surface area (Å²) in [5.41, 5.74) is -1.60. The highest BCUT2D eigenvalue weighted by atomic mass is 19.4. The molecule has 0 atom stereocenters. The van der Waals surface area contributed by atoms with Crippen LogP contribution in [0.15, 0.2) is 111 Å². The van der Waals surface area contributed by atoms with E-state index in [-0.39, 0.29) is 29.2 Å². The SMILES string of the molecule is C=CC(=O)OCc1c(OCC=Cc2ccc(OC(=O)C=C)cc2)c(OC(=O)C=C)cc(C#Cc2ccc(OC(=O)C(=C)C)cc2)c1C(F)(F)F. The summed E-state index contributed by atoms with van der Waals surface area (Å²) in [4.78, 5) is 47.4. The summed E-state index contributed by atoms with van der Waals surface area (Å²) < 4.78 is 70.4. The number of ether oxygens (including phenoxy) is 5. The van der Waals surface area contributed by atoms with Crippen molar-refractivity contribution in [1.29, 1.82) is 0 Å². The number of benzene rings is 3. The lowest BCUT2D eigenvalue weighted by atomic mass is 9.98. The zero-order valence-corrected chi connectivity index (χ0v) is 26.6. The largest absolute Gasteiger partial charge is 0.485 e. The molecule has 50 heavy (non-hydrogen) atoms. The van der Waals surface area contributed by atoms with E-state index >= 15 is 0 Å². The molecular formula is C38H29F3O9. The van der Waals surface area contributed by atoms with Gasteiger partial charge in [0.25, 0.3) is 0 Å². The van der Waals surface area contributed by atoms with Crippen LogP contribution in [0.5, 0.6) is 23.0 Å². The van der Waals surface area contributed by atoms with E-state index in [0.29, 0.717) is 5.56 Å². The van der Waals surface area contributed by atoms with E-state index in [1.165, 1.54) is 49.4 Å². The van der Waals surface area contributed by atoms with E-state index in [0.717, 1.165) is 24.3 Å². The second-order valence-corrected chi connectivity index (χ2v) is 9.89. The molecule has 0 saturated carbocycles. The molecule has 0 aliphatic rings. The smallest absolute Gasteiger partial charge is 0.418 e. The van der Waals surface area contributed by atoms with E-state index in [9.17, 15) is 32.3 Å². The topological polar surface area (TPSA) is 114 Å². The predicted octanol–water partition coefficient (Wildman–Crippen LogP) is 7.09. The van der Waals surface area contributed by atoms with Crippen LogP contribution in [0, 0.1) is 11.8 Å². The van der Waals surface area contributed by atoms with Gasteiger partial charge in [-0.1, -0.05) is 56.4 Å². The number of alkyl halides is 3. The molecule has 0 aliphatic carbocycles. The van der Waals surface area contributed by atoms with Crippen molar-refractivity contribution in [2.24, 2.45) is 0 Å². The van der Waals surface area contributed by atoms with Gasteiger partial charge in [-0.25, -0.2) is 19.2 Å². The fraction of sp³-hybridized carbons (Fsp3) is 0.105. The van der Waals surface area contributed by atoms with Gasteiger partial charge >= 0.3 is 30.1 Å². The zero-order valence-electron chi connectivity index (χ0n) is 26.6. The Balaban J connectivity index is 2.08. The van der Waals surface area contributed by atoms with Crippen LogP contribution in [0.25, 0.3) is 6.08 Å². The van der Waals surface area contributed by atoms with Crippen LogP contribution in [0.2, 0.25) is 0 Å². The van der Waals surface area contributed by atoms with Crippen molar-refractivity contribution in [2.45, 2.75) is 19.7 Å². The van der Waals surface area contributed by atoms with Crippen molar-refractivity contribution in [2.75, 3.05) is 6.61 Å². The normalized spacial score (nSPS) is 10.6. The quantitative estimate of drug-likeness (QED) is 0.0805. The molecule has 256 valence electrons. The summed E-state index contributed by atoms with van der Waals surface area (Å²) in [5.74, 6) is 1.12. The lowest BCUT2D eigenvalue weighted by molar-refractivity contribution is -0.144. The Hall–Kier alpha value is -6.61. The highest BCUT2D eigenvalue weighted by molar-refractivity contribution is 5.88. The van der Waals surface area contributed by atoms with Crippen molar-refractivity contribution in [1.82, 2.24) is 0 Å². The molecule has 0 radical (unpaired) electrons. The minimum atomic E-state index is -5.06. The molecule has 0 fully saturated rings. The molecule has 0 saturated heterocycles. The third kappa shape index (κ3) is 11.0. The van der Waals surface area contributed by atoms with Crippen LogP contribution < -0.4 is 18.9 Å². The van der Waals surface area contributed by atoms with Crippen molar-refractivity contribution in [3.05, 3.63) is 139 Å². The summed E-state index contributed by atoms with van der Waals surface area (Å²) >= 11 is 0. The standard InChI is InChI=1S/C38H29F3O9/c1-6-32(42)47-23-30-35(38(39,40)41)27(16-11-26-14-19-29(20-15-26)49-37(45)24(4)5)22-31(50-34(44)8-3)36(30)46-21-9-10-25-12-17-28(18-13-25)48-33(43)7-2/h6-10,12-15,17-20,22H,1-4,21,23H2,5H3. The summed E-state index contributed by atoms with van der Waals surface area (Å²) in [5, 5.41) is 0. The van der Waals surface area contributed by atoms with E-state index in [4.69, 9.17) is 23.7 Å². The summed E-state index contributed by atoms with van der Waals surface area (Å²) in [7, 11) is 0. The number of carbonyl (C=O) groups excluding carboxylic acids is 4. The van der Waals surface area contributed by atoms with Gasteiger partial charge in [0.05, 0.1) is 5.56 Å². The zero-order chi connectivity index (χ0) is 36.8. The molecule has 3 aromatic rings. The van der Waals surface area contributed by atoms with Crippen molar-refractivity contribution < 1.29 is 56.0 Å². The number of esters is 4. The fourth-order valence-corrected chi connectivity index (χ4v) is 3.90. The number of hydrogen-bond acceptors (Lipinski definition) is 9. The number of halogens is 3. The molecule has 0 aliphatic heterocycles. The Morgan fingerprint density at radius 2 is 1.38 bits per heavy atom. The van der Waals surface area contributed by atoms with Gasteiger partial charge in [0.15, 0.2) is 11.5 Å². The Labute approximate surface area is 285 Å². The van der Waals surface area contributed by atoms with Gasteiger partial charge in [0.1, 0.15) is 24.7 Å². The van der Waals surface area contributed by atoms with Gasteiger partial charge in [-0.3, -0.25) is 0 Å². The van der Waals surface area contributed by atoms with Crippen LogP contribution in [-0.2, 0) is 36.7 Å². The van der Waals surface area contributed by atoms with Crippen LogP contribution in [0.4, 0.5) is 13.2 Å². The Bertz CT molecular complexity index is 1910. The molecule has 0 aromatic heterocycles. The third-order valence-electron chi connectivity index (χ3n) is 6.18. The molecule has 3 rings (SSSR count). The maximum Gasteiger partial charge on any atom is 0.418 e. The first-order valence-electron chi connectivity index (χ1n) is 14.4. The lowest BCUT2D eigenvalue weighted by Gasteiger charge is -2.21. The number of rotatable bonds is 13. The van der Waals surface area contributed by atoms with Gasteiger partial charge < -0.3 is 23.7 Å². The number of carbonyl (C=O) groups is 4. The van der Waals surface area contributed by atoms with Crippen molar-refractivity contribution in [3.63, 3.8) is 0 Å². The first kappa shape index (κ1) is 37.8. The third-order valence-corrected chi connectivity index (χ3v) is 6.18. The van der Waals surface area contributed by atoms with Gasteiger partial charge in [0, 0.05) is 46.6 Å². The minimum Gasteiger partial charge on any atom is -0.485 e.